The Kier molecular flexibility index (Phi) is 18.6. The molecule has 0 unspecified atom stereocenters. The highest BCUT2D eigenvalue weighted by molar-refractivity contribution is 5.90. The Morgan fingerprint density at radius 3 is 1.56 bits per heavy atom. The molecule has 0 amide bonds. The Labute approximate surface area is 273 Å². The fourth-order valence-electron chi connectivity index (χ4n) is 7.27. The zero-order valence-corrected chi connectivity index (χ0v) is 28.5. The Hall–Kier alpha value is -1.03. The van der Waals surface area contributed by atoms with Crippen molar-refractivity contribution >= 4 is 5.97 Å². The summed E-state index contributed by atoms with van der Waals surface area (Å²) in [5.74, 6) is -0.315. The van der Waals surface area contributed by atoms with Gasteiger partial charge in [-0.15, -0.1) is 0 Å². The van der Waals surface area contributed by atoms with Crippen molar-refractivity contribution in [3.05, 3.63) is 11.6 Å². The van der Waals surface area contributed by atoms with E-state index in [1.54, 1.807) is 6.08 Å². The summed E-state index contributed by atoms with van der Waals surface area (Å²) in [5.41, 5.74) is 0.592. The highest BCUT2D eigenvalue weighted by Crippen LogP contribution is 2.34. The van der Waals surface area contributed by atoms with Gasteiger partial charge in [0.2, 0.25) is 0 Å². The molecule has 9 atom stereocenters. The molecule has 3 rings (SSSR count). The molecule has 0 aromatic heterocycles. The number of rotatable bonds is 25. The molecule has 3 aliphatic rings. The minimum Gasteiger partial charge on any atom is -0.455 e. The van der Waals surface area contributed by atoms with E-state index in [-0.39, 0.29) is 42.6 Å². The van der Waals surface area contributed by atoms with Crippen LogP contribution in [0.4, 0.5) is 0 Å². The molecule has 4 N–H and O–H groups in total. The molecule has 3 heterocycles. The Morgan fingerprint density at radius 1 is 0.644 bits per heavy atom. The van der Waals surface area contributed by atoms with Crippen molar-refractivity contribution in [2.75, 3.05) is 0 Å². The first-order valence-electron chi connectivity index (χ1n) is 18.7. The average molecular weight is 639 g/mol. The number of ether oxygens (including phenoxy) is 3. The van der Waals surface area contributed by atoms with E-state index >= 15 is 0 Å². The summed E-state index contributed by atoms with van der Waals surface area (Å²) in [6, 6.07) is 0. The second-order valence-electron chi connectivity index (χ2n) is 14.2. The van der Waals surface area contributed by atoms with Gasteiger partial charge in [-0.25, -0.2) is 4.79 Å². The molecule has 2 fully saturated rings. The number of esters is 1. The number of aliphatic hydroxyl groups is 4. The van der Waals surface area contributed by atoms with Crippen LogP contribution in [0.1, 0.15) is 162 Å². The number of hydrogen-bond donors (Lipinski definition) is 4. The van der Waals surface area contributed by atoms with E-state index in [1.807, 2.05) is 6.92 Å². The third kappa shape index (κ3) is 14.3. The van der Waals surface area contributed by atoms with Crippen molar-refractivity contribution in [1.82, 2.24) is 0 Å². The van der Waals surface area contributed by atoms with Gasteiger partial charge in [0.25, 0.3) is 0 Å². The molecule has 3 aliphatic heterocycles. The smallest absolute Gasteiger partial charge is 0.334 e. The highest BCUT2D eigenvalue weighted by atomic mass is 16.6. The lowest BCUT2D eigenvalue weighted by atomic mass is 9.98. The summed E-state index contributed by atoms with van der Waals surface area (Å²) in [6.45, 7) is 4.06. The van der Waals surface area contributed by atoms with Gasteiger partial charge in [-0.3, -0.25) is 0 Å². The van der Waals surface area contributed by atoms with Gasteiger partial charge in [0, 0.05) is 5.57 Å². The lowest BCUT2D eigenvalue weighted by molar-refractivity contribution is -0.139. The molecular weight excluding hydrogens is 572 g/mol. The number of aliphatic hydroxyl groups excluding tert-OH is 4. The van der Waals surface area contributed by atoms with Crippen LogP contribution in [0.3, 0.4) is 0 Å². The van der Waals surface area contributed by atoms with Crippen molar-refractivity contribution in [2.45, 2.75) is 216 Å². The maximum absolute atomic E-state index is 11.7. The summed E-state index contributed by atoms with van der Waals surface area (Å²) < 4.78 is 17.6. The molecule has 262 valence electrons. The SMILES string of the molecule is CCCCCCCCCC[C@@H](O)[C@@H]1CC[C@H]([C@H]2CC[C@@H]([C@@H](O)CCCCCCCC[C@H](O)[C@H](O)CCC3=C[C@@H](C)OC3=O)O2)O1. The highest BCUT2D eigenvalue weighted by Gasteiger charge is 2.40. The first kappa shape index (κ1) is 38.4. The monoisotopic (exact) mass is 638 g/mol. The van der Waals surface area contributed by atoms with Crippen LogP contribution in [-0.4, -0.2) is 81.3 Å². The minimum atomic E-state index is -0.828. The van der Waals surface area contributed by atoms with E-state index in [0.29, 0.717) is 24.8 Å². The Balaban J connectivity index is 1.15. The second-order valence-corrected chi connectivity index (χ2v) is 14.2. The zero-order chi connectivity index (χ0) is 32.4. The van der Waals surface area contributed by atoms with Crippen LogP contribution >= 0.6 is 0 Å². The third-order valence-corrected chi connectivity index (χ3v) is 10.2. The number of carbonyl (C=O) groups is 1. The van der Waals surface area contributed by atoms with Gasteiger partial charge in [0.05, 0.1) is 48.8 Å². The topological polar surface area (TPSA) is 126 Å². The fourth-order valence-corrected chi connectivity index (χ4v) is 7.27. The molecule has 0 radical (unpaired) electrons. The normalized spacial score (nSPS) is 27.8. The van der Waals surface area contributed by atoms with Crippen LogP contribution in [-0.2, 0) is 19.0 Å². The molecule has 2 saturated heterocycles. The van der Waals surface area contributed by atoms with Gasteiger partial charge < -0.3 is 34.6 Å². The van der Waals surface area contributed by atoms with Crippen LogP contribution in [0.15, 0.2) is 11.6 Å². The number of hydrogen-bond acceptors (Lipinski definition) is 8. The van der Waals surface area contributed by atoms with Gasteiger partial charge in [0.15, 0.2) is 0 Å². The number of unbranched alkanes of at least 4 members (excludes halogenated alkanes) is 12. The van der Waals surface area contributed by atoms with E-state index in [1.165, 1.54) is 44.9 Å². The Bertz CT molecular complexity index is 833. The predicted molar refractivity (Wildman–Crippen MR) is 177 cm³/mol. The van der Waals surface area contributed by atoms with Gasteiger partial charge in [0.1, 0.15) is 6.10 Å². The van der Waals surface area contributed by atoms with Crippen molar-refractivity contribution in [3.8, 4) is 0 Å². The van der Waals surface area contributed by atoms with Gasteiger partial charge in [-0.2, -0.15) is 0 Å². The van der Waals surface area contributed by atoms with Crippen molar-refractivity contribution < 1.29 is 39.4 Å². The van der Waals surface area contributed by atoms with Crippen molar-refractivity contribution in [3.63, 3.8) is 0 Å². The Morgan fingerprint density at radius 2 is 1.09 bits per heavy atom. The summed E-state index contributed by atoms with van der Waals surface area (Å²) in [4.78, 5) is 11.7. The average Bonchev–Trinajstić information content (AvgIpc) is 3.78. The van der Waals surface area contributed by atoms with Crippen LogP contribution < -0.4 is 0 Å². The quantitative estimate of drug-likeness (QED) is 0.0634. The van der Waals surface area contributed by atoms with Crippen LogP contribution in [0.5, 0.6) is 0 Å². The summed E-state index contributed by atoms with van der Waals surface area (Å²) >= 11 is 0. The largest absolute Gasteiger partial charge is 0.455 e. The molecule has 8 heteroatoms. The summed E-state index contributed by atoms with van der Waals surface area (Å²) in [7, 11) is 0. The standard InChI is InChI=1S/C37H66O8/c1-3-4-5-6-7-8-12-15-18-31(40)33-22-24-35(44-33)36-25-23-34(45-36)32(41)19-16-13-10-9-11-14-17-29(38)30(39)21-20-28-26-27(2)43-37(28)42/h26-27,29-36,38-41H,3-25H2,1-2H3/t27-,29+,30-,31-,32+,33+,34+,35-,36-/m1/s1. The van der Waals surface area contributed by atoms with Gasteiger partial charge >= 0.3 is 5.97 Å². The van der Waals surface area contributed by atoms with Crippen LogP contribution in [0, 0.1) is 0 Å². The molecule has 8 nitrogen and oxygen atoms in total. The van der Waals surface area contributed by atoms with Crippen molar-refractivity contribution in [2.24, 2.45) is 0 Å². The summed E-state index contributed by atoms with van der Waals surface area (Å²) in [5, 5.41) is 42.0. The van der Waals surface area contributed by atoms with E-state index in [9.17, 15) is 25.2 Å². The van der Waals surface area contributed by atoms with Crippen LogP contribution in [0.2, 0.25) is 0 Å². The predicted octanol–water partition coefficient (Wildman–Crippen LogP) is 6.83. The molecular formula is C37H66O8. The first-order valence-corrected chi connectivity index (χ1v) is 18.7. The third-order valence-electron chi connectivity index (χ3n) is 10.2. The molecule has 0 aliphatic carbocycles. The van der Waals surface area contributed by atoms with E-state index in [2.05, 4.69) is 6.92 Å². The van der Waals surface area contributed by atoms with E-state index < -0.39 is 18.3 Å². The van der Waals surface area contributed by atoms with Crippen molar-refractivity contribution in [1.29, 1.82) is 0 Å². The van der Waals surface area contributed by atoms with E-state index in [4.69, 9.17) is 14.2 Å². The van der Waals surface area contributed by atoms with Gasteiger partial charge in [-0.05, 0) is 70.8 Å². The maximum Gasteiger partial charge on any atom is 0.334 e. The molecule has 0 bridgehead atoms. The summed E-state index contributed by atoms with van der Waals surface area (Å²) in [6.07, 6.45) is 21.8. The molecule has 0 aromatic rings. The molecule has 0 aromatic carbocycles. The van der Waals surface area contributed by atoms with E-state index in [0.717, 1.165) is 83.5 Å². The lowest BCUT2D eigenvalue weighted by Gasteiger charge is -2.24. The zero-order valence-electron chi connectivity index (χ0n) is 28.5. The number of carbonyl (C=O) groups excluding carboxylic acids is 1. The molecule has 0 spiro atoms. The fraction of sp³-hybridized carbons (Fsp3) is 0.919. The molecule has 45 heavy (non-hydrogen) atoms. The van der Waals surface area contributed by atoms with Gasteiger partial charge in [-0.1, -0.05) is 96.8 Å². The lowest BCUT2D eigenvalue weighted by Crippen LogP contribution is -2.33. The van der Waals surface area contributed by atoms with Crippen LogP contribution in [0.25, 0.3) is 0 Å². The maximum atomic E-state index is 11.7. The first-order chi connectivity index (χ1) is 21.8. The minimum absolute atomic E-state index is 0.0267. The second kappa shape index (κ2) is 21.8. The molecule has 0 saturated carbocycles. The number of cyclic esters (lactones) is 1.